The molecule has 1 aromatic heterocycles. The van der Waals surface area contributed by atoms with Gasteiger partial charge in [0.2, 0.25) is 0 Å². The zero-order valence-corrected chi connectivity index (χ0v) is 13.0. The summed E-state index contributed by atoms with van der Waals surface area (Å²) in [5.41, 5.74) is 0.183. The van der Waals surface area contributed by atoms with Crippen molar-refractivity contribution in [2.24, 2.45) is 0 Å². The van der Waals surface area contributed by atoms with Gasteiger partial charge in [-0.05, 0) is 34.1 Å². The van der Waals surface area contributed by atoms with Crippen LogP contribution in [0, 0.1) is 0 Å². The number of aromatic nitrogens is 1. The molecule has 0 aliphatic heterocycles. The number of benzene rings is 1. The van der Waals surface area contributed by atoms with Crippen LogP contribution in [-0.4, -0.2) is 11.3 Å². The Balaban J connectivity index is 2.28. The number of nitrogens with one attached hydrogen (secondary N) is 1. The Morgan fingerprint density at radius 1 is 1.26 bits per heavy atom. The fourth-order valence-electron chi connectivity index (χ4n) is 1.24. The molecule has 0 fully saturated rings. The highest BCUT2D eigenvalue weighted by Gasteiger charge is 2.32. The molecule has 0 atom stereocenters. The van der Waals surface area contributed by atoms with Gasteiger partial charge < -0.3 is 10.1 Å². The molecule has 1 heterocycles. The largest absolute Gasteiger partial charge is 0.573 e. The normalized spacial score (nSPS) is 11.4. The predicted octanol–water partition coefficient (Wildman–Crippen LogP) is 5.31. The van der Waals surface area contributed by atoms with E-state index in [1.54, 1.807) is 11.4 Å². The van der Waals surface area contributed by atoms with E-state index in [0.717, 1.165) is 0 Å². The fraction of sp³-hybridized carbons (Fsp3) is 0.100. The van der Waals surface area contributed by atoms with E-state index in [-0.39, 0.29) is 11.4 Å². The van der Waals surface area contributed by atoms with E-state index in [2.05, 4.69) is 46.9 Å². The van der Waals surface area contributed by atoms with Crippen molar-refractivity contribution in [3.63, 3.8) is 0 Å². The first-order valence-electron chi connectivity index (χ1n) is 4.77. The molecule has 0 unspecified atom stereocenters. The molecule has 1 aromatic carbocycles. The predicted molar refractivity (Wildman–Crippen MR) is 73.9 cm³/mol. The maximum Gasteiger partial charge on any atom is 0.573 e. The first-order chi connectivity index (χ1) is 8.83. The van der Waals surface area contributed by atoms with E-state index in [9.17, 15) is 13.2 Å². The van der Waals surface area contributed by atoms with E-state index in [1.165, 1.54) is 23.5 Å². The molecule has 0 radical (unpaired) electrons. The zero-order valence-electron chi connectivity index (χ0n) is 8.96. The van der Waals surface area contributed by atoms with Gasteiger partial charge in [-0.3, -0.25) is 0 Å². The van der Waals surface area contributed by atoms with Crippen LogP contribution in [0.2, 0.25) is 0 Å². The molecule has 0 amide bonds. The van der Waals surface area contributed by atoms with Gasteiger partial charge in [0.15, 0.2) is 10.9 Å². The van der Waals surface area contributed by atoms with E-state index in [1.807, 2.05) is 0 Å². The molecule has 2 aromatic rings. The lowest BCUT2D eigenvalue weighted by molar-refractivity contribution is -0.274. The zero-order chi connectivity index (χ0) is 14.0. The SMILES string of the molecule is FC(F)(F)Oc1cc(Br)ccc1Nc1nc(Br)cs1. The Bertz CT molecular complexity index is 588. The first-order valence-corrected chi connectivity index (χ1v) is 7.23. The molecule has 0 aliphatic rings. The number of rotatable bonds is 3. The summed E-state index contributed by atoms with van der Waals surface area (Å²) in [7, 11) is 0. The van der Waals surface area contributed by atoms with Crippen molar-refractivity contribution in [1.29, 1.82) is 0 Å². The Morgan fingerprint density at radius 3 is 2.58 bits per heavy atom. The molecular formula is C10H5Br2F3N2OS. The summed E-state index contributed by atoms with van der Waals surface area (Å²) < 4.78 is 42.0. The van der Waals surface area contributed by atoms with Crippen molar-refractivity contribution in [2.75, 3.05) is 5.32 Å². The van der Waals surface area contributed by atoms with Crippen molar-refractivity contribution < 1.29 is 17.9 Å². The second kappa shape index (κ2) is 5.68. The quantitative estimate of drug-likeness (QED) is 0.734. The summed E-state index contributed by atoms with van der Waals surface area (Å²) in [5, 5.41) is 4.95. The van der Waals surface area contributed by atoms with Crippen molar-refractivity contribution in [3.05, 3.63) is 32.7 Å². The average Bonchev–Trinajstić information content (AvgIpc) is 2.66. The molecule has 19 heavy (non-hydrogen) atoms. The highest BCUT2D eigenvalue weighted by molar-refractivity contribution is 9.10. The minimum Gasteiger partial charge on any atom is -0.404 e. The highest BCUT2D eigenvalue weighted by Crippen LogP contribution is 2.35. The molecule has 1 N–H and O–H groups in total. The van der Waals surface area contributed by atoms with Crippen LogP contribution in [0.3, 0.4) is 0 Å². The molecule has 0 bridgehead atoms. The molecule has 0 saturated carbocycles. The lowest BCUT2D eigenvalue weighted by atomic mass is 10.3. The van der Waals surface area contributed by atoms with Crippen LogP contribution in [0.15, 0.2) is 32.7 Å². The summed E-state index contributed by atoms with van der Waals surface area (Å²) in [6, 6.07) is 4.31. The van der Waals surface area contributed by atoms with Crippen molar-refractivity contribution in [2.45, 2.75) is 6.36 Å². The summed E-state index contributed by atoms with van der Waals surface area (Å²) in [6.07, 6.45) is -4.75. The van der Waals surface area contributed by atoms with Gasteiger partial charge >= 0.3 is 6.36 Å². The molecule has 0 spiro atoms. The van der Waals surface area contributed by atoms with E-state index in [0.29, 0.717) is 14.2 Å². The standard InChI is InChI=1S/C10H5Br2F3N2OS/c11-5-1-2-6(7(3-5)18-10(13,14)15)16-9-17-8(12)4-19-9/h1-4H,(H,16,17). The van der Waals surface area contributed by atoms with Crippen LogP contribution in [0.25, 0.3) is 0 Å². The number of hydrogen-bond acceptors (Lipinski definition) is 4. The van der Waals surface area contributed by atoms with Gasteiger partial charge in [-0.15, -0.1) is 24.5 Å². The molecule has 3 nitrogen and oxygen atoms in total. The Hall–Kier alpha value is -0.800. The van der Waals surface area contributed by atoms with Gasteiger partial charge in [-0.1, -0.05) is 15.9 Å². The second-order valence-corrected chi connectivity index (χ2v) is 5.87. The van der Waals surface area contributed by atoms with E-state index >= 15 is 0 Å². The lowest BCUT2D eigenvalue weighted by Crippen LogP contribution is -2.17. The number of halogens is 5. The molecule has 2 rings (SSSR count). The second-order valence-electron chi connectivity index (χ2n) is 3.29. The van der Waals surface area contributed by atoms with E-state index in [4.69, 9.17) is 0 Å². The summed E-state index contributed by atoms with van der Waals surface area (Å²) in [6.45, 7) is 0. The molecule has 102 valence electrons. The fourth-order valence-corrected chi connectivity index (χ4v) is 2.73. The van der Waals surface area contributed by atoms with Crippen LogP contribution < -0.4 is 10.1 Å². The molecular weight excluding hydrogens is 413 g/mol. The smallest absolute Gasteiger partial charge is 0.404 e. The number of anilines is 2. The minimum atomic E-state index is -4.75. The van der Waals surface area contributed by atoms with Crippen molar-refractivity contribution in [3.8, 4) is 5.75 Å². The highest BCUT2D eigenvalue weighted by atomic mass is 79.9. The number of nitrogens with zero attached hydrogens (tertiary/aromatic N) is 1. The van der Waals surface area contributed by atoms with Crippen molar-refractivity contribution in [1.82, 2.24) is 4.98 Å². The minimum absolute atomic E-state index is 0.183. The number of ether oxygens (including phenoxy) is 1. The van der Waals surface area contributed by atoms with Gasteiger partial charge in [-0.25, -0.2) is 4.98 Å². The Kier molecular flexibility index (Phi) is 4.36. The van der Waals surface area contributed by atoms with E-state index < -0.39 is 6.36 Å². The van der Waals surface area contributed by atoms with Crippen LogP contribution >= 0.6 is 43.2 Å². The summed E-state index contributed by atoms with van der Waals surface area (Å²) >= 11 is 7.52. The summed E-state index contributed by atoms with van der Waals surface area (Å²) in [5.74, 6) is -0.326. The van der Waals surface area contributed by atoms with Crippen molar-refractivity contribution >= 4 is 54.0 Å². The molecule has 9 heteroatoms. The van der Waals surface area contributed by atoms with Crippen LogP contribution in [0.1, 0.15) is 0 Å². The lowest BCUT2D eigenvalue weighted by Gasteiger charge is -2.13. The topological polar surface area (TPSA) is 34.1 Å². The van der Waals surface area contributed by atoms with Crippen LogP contribution in [-0.2, 0) is 0 Å². The van der Waals surface area contributed by atoms with Crippen LogP contribution in [0.4, 0.5) is 24.0 Å². The maximum absolute atomic E-state index is 12.3. The average molecular weight is 418 g/mol. The maximum atomic E-state index is 12.3. The van der Waals surface area contributed by atoms with Gasteiger partial charge in [0, 0.05) is 9.85 Å². The third kappa shape index (κ3) is 4.36. The third-order valence-electron chi connectivity index (χ3n) is 1.89. The third-order valence-corrected chi connectivity index (χ3v) is 3.85. The molecule has 0 aliphatic carbocycles. The summed E-state index contributed by atoms with van der Waals surface area (Å²) in [4.78, 5) is 4.04. The van der Waals surface area contributed by atoms with Gasteiger partial charge in [-0.2, -0.15) is 0 Å². The van der Waals surface area contributed by atoms with Gasteiger partial charge in [0.25, 0.3) is 0 Å². The first kappa shape index (κ1) is 14.6. The number of hydrogen-bond donors (Lipinski definition) is 1. The number of thiazole rings is 1. The van der Waals surface area contributed by atoms with Crippen LogP contribution in [0.5, 0.6) is 5.75 Å². The molecule has 0 saturated heterocycles. The Morgan fingerprint density at radius 2 is 2.00 bits per heavy atom. The monoisotopic (exact) mass is 416 g/mol. The van der Waals surface area contributed by atoms with Gasteiger partial charge in [0.05, 0.1) is 5.69 Å². The van der Waals surface area contributed by atoms with Gasteiger partial charge in [0.1, 0.15) is 4.60 Å². The Labute approximate surface area is 127 Å². The number of alkyl halides is 3.